The predicted molar refractivity (Wildman–Crippen MR) is 54.9 cm³/mol. The van der Waals surface area contributed by atoms with E-state index in [1.54, 1.807) is 12.1 Å². The molecule has 90 valence electrons. The lowest BCUT2D eigenvalue weighted by atomic mass is 10.1. The van der Waals surface area contributed by atoms with Crippen LogP contribution < -0.4 is 5.73 Å². The van der Waals surface area contributed by atoms with Gasteiger partial charge in [-0.3, -0.25) is 0 Å². The fraction of sp³-hybridized carbons (Fsp3) is 0.455. The summed E-state index contributed by atoms with van der Waals surface area (Å²) in [5, 5.41) is 0. The highest BCUT2D eigenvalue weighted by molar-refractivity contribution is 5.26. The summed E-state index contributed by atoms with van der Waals surface area (Å²) in [6.45, 7) is -0.782. The van der Waals surface area contributed by atoms with Crippen molar-refractivity contribution in [1.29, 1.82) is 0 Å². The summed E-state index contributed by atoms with van der Waals surface area (Å²) in [5.41, 5.74) is 7.11. The number of hydrogen-bond acceptors (Lipinski definition) is 2. The first kappa shape index (κ1) is 13.0. The first-order valence-electron chi connectivity index (χ1n) is 4.94. The molecule has 0 heterocycles. The number of halogens is 3. The summed E-state index contributed by atoms with van der Waals surface area (Å²) < 4.78 is 40.2. The molecule has 0 saturated carbocycles. The molecule has 1 aromatic carbocycles. The minimum Gasteiger partial charge on any atom is -0.367 e. The monoisotopic (exact) mass is 233 g/mol. The first-order chi connectivity index (χ1) is 7.53. The summed E-state index contributed by atoms with van der Waals surface area (Å²) in [6, 6.07) is 7.20. The summed E-state index contributed by atoms with van der Waals surface area (Å²) in [6.07, 6.45) is -3.63. The zero-order valence-electron chi connectivity index (χ0n) is 8.76. The van der Waals surface area contributed by atoms with Crippen molar-refractivity contribution in [3.8, 4) is 0 Å². The van der Waals surface area contributed by atoms with Crippen LogP contribution in [0.5, 0.6) is 0 Å². The van der Waals surface area contributed by atoms with Gasteiger partial charge in [-0.15, -0.1) is 0 Å². The third-order valence-corrected chi connectivity index (χ3v) is 2.06. The van der Waals surface area contributed by atoms with E-state index in [9.17, 15) is 13.2 Å². The van der Waals surface area contributed by atoms with E-state index in [2.05, 4.69) is 4.74 Å². The molecular weight excluding hydrogens is 219 g/mol. The number of hydrogen-bond donors (Lipinski definition) is 1. The molecule has 0 atom stereocenters. The van der Waals surface area contributed by atoms with Crippen molar-refractivity contribution in [1.82, 2.24) is 0 Å². The second-order valence-electron chi connectivity index (χ2n) is 3.42. The SMILES string of the molecule is NCCc1ccccc1COCC(F)(F)F. The molecule has 2 N–H and O–H groups in total. The number of ether oxygens (including phenoxy) is 1. The third-order valence-electron chi connectivity index (χ3n) is 2.06. The van der Waals surface area contributed by atoms with Crippen LogP contribution in [0.15, 0.2) is 24.3 Å². The van der Waals surface area contributed by atoms with Gasteiger partial charge in [0.2, 0.25) is 0 Å². The van der Waals surface area contributed by atoms with E-state index in [1.165, 1.54) is 0 Å². The standard InChI is InChI=1S/C11H14F3NO/c12-11(13,14)8-16-7-10-4-2-1-3-9(10)5-6-15/h1-4H,5-8,15H2. The largest absolute Gasteiger partial charge is 0.411 e. The third kappa shape index (κ3) is 4.63. The van der Waals surface area contributed by atoms with Crippen LogP contribution in [0, 0.1) is 0 Å². The molecule has 5 heteroatoms. The molecule has 0 aromatic heterocycles. The Labute approximate surface area is 92.2 Å². The number of rotatable bonds is 5. The van der Waals surface area contributed by atoms with Gasteiger partial charge in [-0.2, -0.15) is 13.2 Å². The molecule has 0 aliphatic heterocycles. The van der Waals surface area contributed by atoms with Crippen molar-refractivity contribution in [2.75, 3.05) is 13.2 Å². The summed E-state index contributed by atoms with van der Waals surface area (Å²) >= 11 is 0. The molecule has 16 heavy (non-hydrogen) atoms. The smallest absolute Gasteiger partial charge is 0.367 e. The Morgan fingerprint density at radius 3 is 2.31 bits per heavy atom. The molecule has 0 amide bonds. The minimum absolute atomic E-state index is 0.0321. The van der Waals surface area contributed by atoms with E-state index in [-0.39, 0.29) is 6.61 Å². The van der Waals surface area contributed by atoms with Gasteiger partial charge in [-0.25, -0.2) is 0 Å². The lowest BCUT2D eigenvalue weighted by Gasteiger charge is -2.10. The van der Waals surface area contributed by atoms with Gasteiger partial charge < -0.3 is 10.5 Å². The highest BCUT2D eigenvalue weighted by Gasteiger charge is 2.27. The lowest BCUT2D eigenvalue weighted by molar-refractivity contribution is -0.176. The molecule has 0 aliphatic carbocycles. The molecule has 0 unspecified atom stereocenters. The minimum atomic E-state index is -4.27. The van der Waals surface area contributed by atoms with E-state index >= 15 is 0 Å². The van der Waals surface area contributed by atoms with Crippen molar-refractivity contribution in [2.24, 2.45) is 5.73 Å². The van der Waals surface area contributed by atoms with Crippen molar-refractivity contribution < 1.29 is 17.9 Å². The fourth-order valence-corrected chi connectivity index (χ4v) is 1.37. The average molecular weight is 233 g/mol. The Morgan fingerprint density at radius 1 is 1.12 bits per heavy atom. The highest BCUT2D eigenvalue weighted by atomic mass is 19.4. The molecule has 0 saturated heterocycles. The molecule has 0 radical (unpaired) electrons. The predicted octanol–water partition coefficient (Wildman–Crippen LogP) is 2.27. The van der Waals surface area contributed by atoms with Crippen molar-refractivity contribution in [2.45, 2.75) is 19.2 Å². The molecule has 0 bridgehead atoms. The van der Waals surface area contributed by atoms with E-state index in [4.69, 9.17) is 5.73 Å². The summed E-state index contributed by atoms with van der Waals surface area (Å²) in [5.74, 6) is 0. The molecule has 2 nitrogen and oxygen atoms in total. The van der Waals surface area contributed by atoms with E-state index in [1.807, 2.05) is 12.1 Å². The molecule has 0 fully saturated rings. The van der Waals surface area contributed by atoms with Crippen molar-refractivity contribution in [3.63, 3.8) is 0 Å². The van der Waals surface area contributed by atoms with Crippen LogP contribution in [-0.2, 0) is 17.8 Å². The van der Waals surface area contributed by atoms with Gasteiger partial charge >= 0.3 is 6.18 Å². The number of alkyl halides is 3. The van der Waals surface area contributed by atoms with Gasteiger partial charge in [-0.05, 0) is 24.1 Å². The molecule has 1 aromatic rings. The normalized spacial score (nSPS) is 11.8. The molecular formula is C11H14F3NO. The van der Waals surface area contributed by atoms with Crippen LogP contribution in [0.3, 0.4) is 0 Å². The maximum atomic E-state index is 11.9. The van der Waals surface area contributed by atoms with Gasteiger partial charge in [0.15, 0.2) is 0 Å². The topological polar surface area (TPSA) is 35.2 Å². The maximum Gasteiger partial charge on any atom is 0.411 e. The summed E-state index contributed by atoms with van der Waals surface area (Å²) in [4.78, 5) is 0. The second kappa shape index (κ2) is 5.86. The quantitative estimate of drug-likeness (QED) is 0.846. The number of nitrogens with two attached hydrogens (primary N) is 1. The fourth-order valence-electron chi connectivity index (χ4n) is 1.37. The Bertz CT molecular complexity index is 325. The Kier molecular flexibility index (Phi) is 4.76. The molecule has 0 aliphatic rings. The van der Waals surface area contributed by atoms with Crippen LogP contribution in [0.4, 0.5) is 13.2 Å². The van der Waals surface area contributed by atoms with Gasteiger partial charge in [-0.1, -0.05) is 24.3 Å². The zero-order valence-corrected chi connectivity index (χ0v) is 8.76. The van der Waals surface area contributed by atoms with Gasteiger partial charge in [0, 0.05) is 0 Å². The van der Waals surface area contributed by atoms with Gasteiger partial charge in [0.25, 0.3) is 0 Å². The van der Waals surface area contributed by atoms with Crippen LogP contribution >= 0.6 is 0 Å². The van der Waals surface area contributed by atoms with Gasteiger partial charge in [0.05, 0.1) is 6.61 Å². The first-order valence-corrected chi connectivity index (χ1v) is 4.94. The lowest BCUT2D eigenvalue weighted by Crippen LogP contribution is -2.17. The van der Waals surface area contributed by atoms with Crippen molar-refractivity contribution in [3.05, 3.63) is 35.4 Å². The Balaban J connectivity index is 2.52. The average Bonchev–Trinajstić information content (AvgIpc) is 2.19. The number of benzene rings is 1. The summed E-state index contributed by atoms with van der Waals surface area (Å²) in [7, 11) is 0. The zero-order chi connectivity index (χ0) is 12.0. The molecule has 1 rings (SSSR count). The second-order valence-corrected chi connectivity index (χ2v) is 3.42. The molecule has 0 spiro atoms. The van der Waals surface area contributed by atoms with Gasteiger partial charge in [0.1, 0.15) is 6.61 Å². The van der Waals surface area contributed by atoms with Crippen LogP contribution in [0.2, 0.25) is 0 Å². The Morgan fingerprint density at radius 2 is 1.75 bits per heavy atom. The van der Waals surface area contributed by atoms with E-state index < -0.39 is 12.8 Å². The van der Waals surface area contributed by atoms with E-state index in [0.717, 1.165) is 11.1 Å². The Hall–Kier alpha value is -1.07. The highest BCUT2D eigenvalue weighted by Crippen LogP contribution is 2.17. The maximum absolute atomic E-state index is 11.9. The van der Waals surface area contributed by atoms with Crippen LogP contribution in [0.1, 0.15) is 11.1 Å². The van der Waals surface area contributed by atoms with E-state index in [0.29, 0.717) is 13.0 Å². The van der Waals surface area contributed by atoms with Crippen LogP contribution in [0.25, 0.3) is 0 Å². The van der Waals surface area contributed by atoms with Crippen molar-refractivity contribution >= 4 is 0 Å². The van der Waals surface area contributed by atoms with Crippen LogP contribution in [-0.4, -0.2) is 19.3 Å².